The first-order valence-corrected chi connectivity index (χ1v) is 12.9. The Balaban J connectivity index is 1.39. The van der Waals surface area contributed by atoms with Crippen LogP contribution in [0.2, 0.25) is 0 Å². The zero-order valence-electron chi connectivity index (χ0n) is 20.5. The van der Waals surface area contributed by atoms with Gasteiger partial charge in [0, 0.05) is 42.8 Å². The van der Waals surface area contributed by atoms with E-state index in [2.05, 4.69) is 25.9 Å². The molecule has 0 spiro atoms. The largest absolute Gasteiger partial charge is 0.462 e. The average molecular weight is 556 g/mol. The van der Waals surface area contributed by atoms with Crippen LogP contribution in [0.1, 0.15) is 65.1 Å². The number of hydrogen-bond acceptors (Lipinski definition) is 8. The highest BCUT2D eigenvalue weighted by atomic mass is 32.1. The molecule has 0 saturated heterocycles. The van der Waals surface area contributed by atoms with E-state index < -0.39 is 43.0 Å². The van der Waals surface area contributed by atoms with Crippen LogP contribution in [0.25, 0.3) is 0 Å². The van der Waals surface area contributed by atoms with Gasteiger partial charge in [-0.2, -0.15) is 5.10 Å². The lowest BCUT2D eigenvalue weighted by atomic mass is 9.81. The van der Waals surface area contributed by atoms with E-state index in [-0.39, 0.29) is 23.9 Å². The molecule has 204 valence electrons. The molecule has 10 nitrogen and oxygen atoms in total. The smallest absolute Gasteiger partial charge is 0.341 e. The number of esters is 1. The van der Waals surface area contributed by atoms with Gasteiger partial charge >= 0.3 is 5.97 Å². The van der Waals surface area contributed by atoms with Gasteiger partial charge in [0.05, 0.1) is 12.2 Å². The van der Waals surface area contributed by atoms with Crippen molar-refractivity contribution in [1.29, 1.82) is 0 Å². The molecule has 1 fully saturated rings. The van der Waals surface area contributed by atoms with Gasteiger partial charge in [-0.3, -0.25) is 14.0 Å². The van der Waals surface area contributed by atoms with Gasteiger partial charge in [0.15, 0.2) is 0 Å². The molecule has 1 saturated carbocycles. The van der Waals surface area contributed by atoms with Gasteiger partial charge in [0.2, 0.25) is 17.8 Å². The number of halogens is 4. The van der Waals surface area contributed by atoms with E-state index in [0.29, 0.717) is 41.6 Å². The fourth-order valence-corrected chi connectivity index (χ4v) is 6.03. The van der Waals surface area contributed by atoms with Gasteiger partial charge < -0.3 is 15.4 Å². The number of carbonyl (C=O) groups is 2. The monoisotopic (exact) mass is 555 g/mol. The SMILES string of the molecule is CCOC(=O)c1c(NC(=O)C2CC(F)(F)C2)sc2c1C[C@@H](n1cnnc1Nc1cc(C(F)F)nn1C)CC2. The van der Waals surface area contributed by atoms with Crippen LogP contribution < -0.4 is 10.6 Å². The predicted octanol–water partition coefficient (Wildman–Crippen LogP) is 4.64. The minimum atomic E-state index is -2.84. The molecular formula is C23H25F4N7O3S. The molecule has 1 amide bonds. The zero-order valence-corrected chi connectivity index (χ0v) is 21.3. The summed E-state index contributed by atoms with van der Waals surface area (Å²) < 4.78 is 61.0. The summed E-state index contributed by atoms with van der Waals surface area (Å²) in [6, 6.07) is 1.03. The Bertz CT molecular complexity index is 1360. The Morgan fingerprint density at radius 2 is 2.08 bits per heavy atom. The molecule has 0 bridgehead atoms. The summed E-state index contributed by atoms with van der Waals surface area (Å²) in [4.78, 5) is 26.4. The maximum Gasteiger partial charge on any atom is 0.341 e. The Morgan fingerprint density at radius 1 is 1.32 bits per heavy atom. The minimum absolute atomic E-state index is 0.125. The molecule has 5 rings (SSSR count). The highest BCUT2D eigenvalue weighted by Gasteiger charge is 2.49. The number of fused-ring (bicyclic) bond motifs is 1. The molecule has 2 aliphatic carbocycles. The van der Waals surface area contributed by atoms with E-state index in [1.807, 2.05) is 0 Å². The van der Waals surface area contributed by atoms with Crippen molar-refractivity contribution in [3.63, 3.8) is 0 Å². The summed E-state index contributed by atoms with van der Waals surface area (Å²) in [5.41, 5.74) is 0.562. The third-order valence-electron chi connectivity index (χ3n) is 6.74. The van der Waals surface area contributed by atoms with Crippen molar-refractivity contribution in [3.8, 4) is 0 Å². The first-order chi connectivity index (χ1) is 18.1. The first kappa shape index (κ1) is 26.1. The first-order valence-electron chi connectivity index (χ1n) is 12.0. The van der Waals surface area contributed by atoms with Crippen molar-refractivity contribution in [2.75, 3.05) is 17.2 Å². The topological polar surface area (TPSA) is 116 Å². The molecule has 2 N–H and O–H groups in total. The maximum atomic E-state index is 13.3. The van der Waals surface area contributed by atoms with E-state index in [0.717, 1.165) is 4.88 Å². The standard InChI is InChI=1S/C23H25F4N7O3S/c1-3-37-21(36)17-13-6-12(4-5-15(13)38-20(17)30-19(35)11-8-23(26,27)9-11)34-10-28-31-22(34)29-16-7-14(18(24)25)32-33(16)2/h7,10-12,18H,3-6,8-9H2,1-2H3,(H,29,31)(H,30,35)/t12-/m0/s1. The summed E-state index contributed by atoms with van der Waals surface area (Å²) in [7, 11) is 1.53. The number of thiophene rings is 1. The van der Waals surface area contributed by atoms with Crippen LogP contribution >= 0.6 is 11.3 Å². The van der Waals surface area contributed by atoms with Crippen LogP contribution in [0.4, 0.5) is 34.3 Å². The lowest BCUT2D eigenvalue weighted by Gasteiger charge is -2.33. The molecule has 3 heterocycles. The number of aryl methyl sites for hydroxylation is 2. The number of hydrogen-bond donors (Lipinski definition) is 2. The van der Waals surface area contributed by atoms with Gasteiger partial charge in [0.25, 0.3) is 6.43 Å². The second-order valence-corrected chi connectivity index (χ2v) is 10.4. The molecule has 38 heavy (non-hydrogen) atoms. The number of alkyl halides is 4. The Labute approximate surface area is 218 Å². The van der Waals surface area contributed by atoms with E-state index in [1.54, 1.807) is 11.5 Å². The molecule has 15 heteroatoms. The van der Waals surface area contributed by atoms with Crippen LogP contribution in [0.3, 0.4) is 0 Å². The molecule has 0 unspecified atom stereocenters. The quantitative estimate of drug-likeness (QED) is 0.307. The highest BCUT2D eigenvalue weighted by Crippen LogP contribution is 2.45. The number of anilines is 3. The van der Waals surface area contributed by atoms with Crippen molar-refractivity contribution >= 4 is 40.0 Å². The second-order valence-electron chi connectivity index (χ2n) is 9.34. The van der Waals surface area contributed by atoms with Gasteiger partial charge in [-0.15, -0.1) is 21.5 Å². The van der Waals surface area contributed by atoms with Crippen molar-refractivity contribution in [2.45, 2.75) is 57.4 Å². The third kappa shape index (κ3) is 4.98. The molecule has 0 radical (unpaired) electrons. The average Bonchev–Trinajstić information content (AvgIpc) is 3.54. The fourth-order valence-electron chi connectivity index (χ4n) is 4.80. The second kappa shape index (κ2) is 10.0. The number of nitrogens with one attached hydrogen (secondary N) is 2. The van der Waals surface area contributed by atoms with E-state index in [4.69, 9.17) is 4.74 Å². The van der Waals surface area contributed by atoms with E-state index >= 15 is 0 Å². The van der Waals surface area contributed by atoms with Gasteiger partial charge in [-0.1, -0.05) is 0 Å². The van der Waals surface area contributed by atoms with Crippen LogP contribution in [0.15, 0.2) is 12.4 Å². The maximum absolute atomic E-state index is 13.3. The van der Waals surface area contributed by atoms with Gasteiger partial charge in [-0.05, 0) is 31.7 Å². The zero-order chi connectivity index (χ0) is 27.2. The van der Waals surface area contributed by atoms with Crippen LogP contribution in [-0.4, -0.2) is 49.0 Å². The Hall–Kier alpha value is -3.49. The third-order valence-corrected chi connectivity index (χ3v) is 7.95. The number of ether oxygens (including phenoxy) is 1. The Morgan fingerprint density at radius 3 is 2.74 bits per heavy atom. The summed E-state index contributed by atoms with van der Waals surface area (Å²) >= 11 is 1.25. The van der Waals surface area contributed by atoms with Crippen molar-refractivity contribution in [2.24, 2.45) is 13.0 Å². The van der Waals surface area contributed by atoms with Crippen molar-refractivity contribution < 1.29 is 31.9 Å². The molecule has 2 aliphatic rings. The molecule has 3 aromatic heterocycles. The summed E-state index contributed by atoms with van der Waals surface area (Å²) in [6.45, 7) is 1.79. The molecule has 0 aromatic carbocycles. The predicted molar refractivity (Wildman–Crippen MR) is 129 cm³/mol. The molecule has 3 aromatic rings. The number of aromatic nitrogens is 5. The summed E-state index contributed by atoms with van der Waals surface area (Å²) in [5, 5.41) is 17.8. The number of carbonyl (C=O) groups excluding carboxylic acids is 2. The number of amides is 1. The molecule has 1 atom stereocenters. The Kier molecular flexibility index (Phi) is 6.88. The van der Waals surface area contributed by atoms with Gasteiger partial charge in [0.1, 0.15) is 22.8 Å². The van der Waals surface area contributed by atoms with Crippen LogP contribution in [0.5, 0.6) is 0 Å². The number of rotatable bonds is 8. The van der Waals surface area contributed by atoms with E-state index in [9.17, 15) is 27.2 Å². The highest BCUT2D eigenvalue weighted by molar-refractivity contribution is 7.17. The van der Waals surface area contributed by atoms with E-state index in [1.165, 1.54) is 35.5 Å². The fraction of sp³-hybridized carbons (Fsp3) is 0.522. The van der Waals surface area contributed by atoms with Crippen molar-refractivity contribution in [3.05, 3.63) is 34.1 Å². The van der Waals surface area contributed by atoms with Crippen molar-refractivity contribution in [1.82, 2.24) is 24.5 Å². The normalized spacial score (nSPS) is 18.7. The lowest BCUT2D eigenvalue weighted by molar-refractivity contribution is -0.145. The molecular weight excluding hydrogens is 530 g/mol. The molecule has 0 aliphatic heterocycles. The van der Waals surface area contributed by atoms with Gasteiger partial charge in [-0.25, -0.2) is 22.4 Å². The van der Waals surface area contributed by atoms with Crippen LogP contribution in [0, 0.1) is 5.92 Å². The summed E-state index contributed by atoms with van der Waals surface area (Å²) in [5.74, 6) is -4.17. The minimum Gasteiger partial charge on any atom is -0.462 e. The number of nitrogens with zero attached hydrogens (tertiary/aromatic N) is 5. The lowest BCUT2D eigenvalue weighted by Crippen LogP contribution is -2.42. The summed E-state index contributed by atoms with van der Waals surface area (Å²) in [6.07, 6.45) is -0.622. The van der Waals surface area contributed by atoms with Crippen LogP contribution in [-0.2, 0) is 29.4 Å².